The highest BCUT2D eigenvalue weighted by atomic mass is 35.5. The van der Waals surface area contributed by atoms with Gasteiger partial charge in [-0.15, -0.1) is 0 Å². The number of ether oxygens (including phenoxy) is 4. The molecule has 39 heavy (non-hydrogen) atoms. The van der Waals surface area contributed by atoms with E-state index in [2.05, 4.69) is 0 Å². The average molecular weight is 560 g/mol. The second-order valence-corrected chi connectivity index (χ2v) is 8.70. The van der Waals surface area contributed by atoms with E-state index in [0.717, 1.165) is 17.0 Å². The van der Waals surface area contributed by atoms with Crippen LogP contribution in [0.15, 0.2) is 54.1 Å². The predicted octanol–water partition coefficient (Wildman–Crippen LogP) is 5.67. The van der Waals surface area contributed by atoms with Crippen LogP contribution in [-0.2, 0) is 9.59 Å². The Kier molecular flexibility index (Phi) is 7.96. The molecule has 0 aromatic heterocycles. The molecule has 0 radical (unpaired) electrons. The van der Waals surface area contributed by atoms with Gasteiger partial charge in [-0.1, -0.05) is 17.7 Å². The van der Waals surface area contributed by atoms with Gasteiger partial charge in [0.25, 0.3) is 11.7 Å². The molecule has 1 atom stereocenters. The van der Waals surface area contributed by atoms with Crippen LogP contribution in [0.4, 0.5) is 14.5 Å². The van der Waals surface area contributed by atoms with Crippen LogP contribution in [0.1, 0.15) is 24.1 Å². The van der Waals surface area contributed by atoms with E-state index in [1.165, 1.54) is 39.5 Å². The van der Waals surface area contributed by atoms with Crippen LogP contribution in [0, 0.1) is 11.6 Å². The number of amides is 1. The second-order valence-electron chi connectivity index (χ2n) is 8.30. The molecule has 3 aromatic carbocycles. The average Bonchev–Trinajstić information content (AvgIpc) is 3.18. The summed E-state index contributed by atoms with van der Waals surface area (Å²) in [6, 6.07) is 8.58. The Morgan fingerprint density at radius 3 is 2.23 bits per heavy atom. The maximum absolute atomic E-state index is 15.0. The smallest absolute Gasteiger partial charge is 0.300 e. The van der Waals surface area contributed by atoms with E-state index in [0.29, 0.717) is 11.8 Å². The predicted molar refractivity (Wildman–Crippen MR) is 140 cm³/mol. The van der Waals surface area contributed by atoms with Gasteiger partial charge in [-0.2, -0.15) is 0 Å². The summed E-state index contributed by atoms with van der Waals surface area (Å²) in [5, 5.41) is 11.7. The van der Waals surface area contributed by atoms with Crippen LogP contribution in [0.5, 0.6) is 23.0 Å². The largest absolute Gasteiger partial charge is 0.507 e. The first kappa shape index (κ1) is 27.7. The lowest BCUT2D eigenvalue weighted by molar-refractivity contribution is -0.132. The molecule has 1 saturated heterocycles. The van der Waals surface area contributed by atoms with Gasteiger partial charge in [0.15, 0.2) is 11.5 Å². The van der Waals surface area contributed by atoms with Crippen molar-refractivity contribution in [2.24, 2.45) is 0 Å². The quantitative estimate of drug-likeness (QED) is 0.216. The Morgan fingerprint density at radius 2 is 1.62 bits per heavy atom. The normalized spacial score (nSPS) is 16.4. The minimum absolute atomic E-state index is 0.000119. The van der Waals surface area contributed by atoms with Crippen molar-refractivity contribution >= 4 is 34.7 Å². The SMILES string of the molecule is CCOc1cc(C2/C(=C(\O)c3cc(OC)c(Cl)cc3OC)C(=O)C(=O)N2c2ccc(F)cc2F)ccc1OC. The highest BCUT2D eigenvalue weighted by Crippen LogP contribution is 2.46. The lowest BCUT2D eigenvalue weighted by Gasteiger charge is -2.26. The van der Waals surface area contributed by atoms with Gasteiger partial charge in [-0.05, 0) is 42.8 Å². The van der Waals surface area contributed by atoms with Crippen molar-refractivity contribution in [2.75, 3.05) is 32.8 Å². The third kappa shape index (κ3) is 4.95. The van der Waals surface area contributed by atoms with Gasteiger partial charge in [-0.25, -0.2) is 8.78 Å². The van der Waals surface area contributed by atoms with Gasteiger partial charge < -0.3 is 24.1 Å². The summed E-state index contributed by atoms with van der Waals surface area (Å²) >= 11 is 6.20. The molecule has 4 rings (SSSR count). The molecule has 0 spiro atoms. The molecular formula is C28H24ClF2NO7. The number of Topliss-reactive ketones (excluding diaryl/α,β-unsaturated/α-hetero) is 1. The van der Waals surface area contributed by atoms with Crippen LogP contribution in [0.25, 0.3) is 5.76 Å². The van der Waals surface area contributed by atoms with Crippen LogP contribution in [0.2, 0.25) is 5.02 Å². The fourth-order valence-corrected chi connectivity index (χ4v) is 4.63. The summed E-state index contributed by atoms with van der Waals surface area (Å²) in [6.07, 6.45) is 0. The molecule has 204 valence electrons. The molecule has 1 aliphatic rings. The lowest BCUT2D eigenvalue weighted by atomic mass is 9.94. The third-order valence-electron chi connectivity index (χ3n) is 6.15. The number of halogens is 3. The first-order valence-electron chi connectivity index (χ1n) is 11.6. The number of aliphatic hydroxyl groups excluding tert-OH is 1. The van der Waals surface area contributed by atoms with Crippen LogP contribution in [0.3, 0.4) is 0 Å². The van der Waals surface area contributed by atoms with E-state index in [1.54, 1.807) is 19.1 Å². The fourth-order valence-electron chi connectivity index (χ4n) is 4.40. The number of rotatable bonds is 8. The maximum Gasteiger partial charge on any atom is 0.300 e. The number of anilines is 1. The van der Waals surface area contributed by atoms with Crippen LogP contribution in [-0.4, -0.2) is 44.7 Å². The number of carbonyl (C=O) groups excluding carboxylic acids is 2. The van der Waals surface area contributed by atoms with Gasteiger partial charge in [0.1, 0.15) is 28.9 Å². The Balaban J connectivity index is 2.04. The van der Waals surface area contributed by atoms with Crippen molar-refractivity contribution in [3.05, 3.63) is 81.9 Å². The van der Waals surface area contributed by atoms with Crippen molar-refractivity contribution < 1.29 is 42.4 Å². The number of benzene rings is 3. The lowest BCUT2D eigenvalue weighted by Crippen LogP contribution is -2.30. The van der Waals surface area contributed by atoms with Crippen LogP contribution >= 0.6 is 11.6 Å². The molecule has 8 nitrogen and oxygen atoms in total. The summed E-state index contributed by atoms with van der Waals surface area (Å²) in [6.45, 7) is 2.03. The number of aliphatic hydroxyl groups is 1. The third-order valence-corrected chi connectivity index (χ3v) is 6.44. The summed E-state index contributed by atoms with van der Waals surface area (Å²) < 4.78 is 50.3. The maximum atomic E-state index is 15.0. The van der Waals surface area contributed by atoms with E-state index < -0.39 is 35.1 Å². The molecule has 1 heterocycles. The molecule has 3 aromatic rings. The number of hydrogen-bond donors (Lipinski definition) is 1. The monoisotopic (exact) mass is 559 g/mol. The zero-order valence-corrected chi connectivity index (χ0v) is 22.1. The minimum Gasteiger partial charge on any atom is -0.507 e. The Hall–Kier alpha value is -4.31. The van der Waals surface area contributed by atoms with E-state index in [4.69, 9.17) is 30.5 Å². The molecular weight excluding hydrogens is 536 g/mol. The fraction of sp³-hybridized carbons (Fsp3) is 0.214. The Bertz CT molecular complexity index is 1490. The van der Waals surface area contributed by atoms with Gasteiger partial charge in [0, 0.05) is 12.1 Å². The Morgan fingerprint density at radius 1 is 0.923 bits per heavy atom. The molecule has 11 heteroatoms. The highest BCUT2D eigenvalue weighted by Gasteiger charge is 2.48. The zero-order valence-electron chi connectivity index (χ0n) is 21.4. The molecule has 1 fully saturated rings. The number of ketones is 1. The Labute approximate surface area is 227 Å². The summed E-state index contributed by atoms with van der Waals surface area (Å²) in [7, 11) is 4.13. The van der Waals surface area contributed by atoms with Gasteiger partial charge >= 0.3 is 0 Å². The zero-order chi connectivity index (χ0) is 28.4. The molecule has 1 amide bonds. The summed E-state index contributed by atoms with van der Waals surface area (Å²) in [5.74, 6) is -3.91. The standard InChI is InChI=1S/C28H24ClF2NO7/c1-5-39-23-10-14(6-9-20(23)36-2)25-24(26(33)16-12-22(38-4)17(29)13-21(16)37-3)27(34)28(35)32(25)19-8-7-15(30)11-18(19)31/h6-13,25,33H,5H2,1-4H3/b26-24+. The van der Waals surface area contributed by atoms with E-state index in [1.807, 2.05) is 0 Å². The molecule has 0 bridgehead atoms. The summed E-state index contributed by atoms with van der Waals surface area (Å²) in [5.41, 5.74) is -0.459. The molecule has 1 aliphatic heterocycles. The number of nitrogens with zero attached hydrogens (tertiary/aromatic N) is 1. The molecule has 1 N–H and O–H groups in total. The molecule has 0 aliphatic carbocycles. The number of methoxy groups -OCH3 is 3. The van der Waals surface area contributed by atoms with Gasteiger partial charge in [0.2, 0.25) is 0 Å². The van der Waals surface area contributed by atoms with Crippen molar-refractivity contribution in [1.29, 1.82) is 0 Å². The second kappa shape index (κ2) is 11.2. The topological polar surface area (TPSA) is 94.5 Å². The minimum atomic E-state index is -1.35. The molecule has 1 unspecified atom stereocenters. The van der Waals surface area contributed by atoms with Crippen molar-refractivity contribution in [3.63, 3.8) is 0 Å². The van der Waals surface area contributed by atoms with E-state index >= 15 is 4.39 Å². The van der Waals surface area contributed by atoms with E-state index in [-0.39, 0.29) is 51.3 Å². The highest BCUT2D eigenvalue weighted by molar-refractivity contribution is 6.51. The first-order valence-corrected chi connectivity index (χ1v) is 12.0. The van der Waals surface area contributed by atoms with Crippen LogP contribution < -0.4 is 23.8 Å². The van der Waals surface area contributed by atoms with Crippen molar-refractivity contribution in [1.82, 2.24) is 0 Å². The number of carbonyl (C=O) groups is 2. The number of hydrogen-bond acceptors (Lipinski definition) is 7. The van der Waals surface area contributed by atoms with Crippen molar-refractivity contribution in [3.8, 4) is 23.0 Å². The molecule has 0 saturated carbocycles. The van der Waals surface area contributed by atoms with Gasteiger partial charge in [0.05, 0.1) is 55.8 Å². The summed E-state index contributed by atoms with van der Waals surface area (Å²) in [4.78, 5) is 27.7. The van der Waals surface area contributed by atoms with Crippen molar-refractivity contribution in [2.45, 2.75) is 13.0 Å². The first-order chi connectivity index (χ1) is 18.7. The van der Waals surface area contributed by atoms with E-state index in [9.17, 15) is 19.1 Å². The van der Waals surface area contributed by atoms with Gasteiger partial charge in [-0.3, -0.25) is 14.5 Å².